The van der Waals surface area contributed by atoms with Gasteiger partial charge in [-0.2, -0.15) is 0 Å². The molecule has 0 aliphatic heterocycles. The van der Waals surface area contributed by atoms with Gasteiger partial charge in [-0.05, 0) is 6.42 Å². The summed E-state index contributed by atoms with van der Waals surface area (Å²) in [5.74, 6) is -0.331. The van der Waals surface area contributed by atoms with Gasteiger partial charge in [0.2, 0.25) is 0 Å². The third-order valence-corrected chi connectivity index (χ3v) is 4.13. The first-order valence-corrected chi connectivity index (χ1v) is 7.27. The van der Waals surface area contributed by atoms with Gasteiger partial charge in [-0.15, -0.1) is 0 Å². The monoisotopic (exact) mass is 274 g/mol. The minimum absolute atomic E-state index is 0.112. The average molecular weight is 274 g/mol. The van der Waals surface area contributed by atoms with Gasteiger partial charge in [0.05, 0.1) is 18.5 Å². The van der Waals surface area contributed by atoms with Crippen molar-refractivity contribution in [2.75, 3.05) is 31.0 Å². The average Bonchev–Trinajstić information content (AvgIpc) is 2.31. The van der Waals surface area contributed by atoms with E-state index in [1.165, 1.54) is 19.2 Å². The van der Waals surface area contributed by atoms with Crippen LogP contribution < -0.4 is 15.8 Å². The maximum Gasteiger partial charge on any atom is 0.167 e. The Morgan fingerprint density at radius 3 is 2.78 bits per heavy atom. The van der Waals surface area contributed by atoms with Crippen LogP contribution in [-0.4, -0.2) is 29.4 Å². The number of nitrogens with one attached hydrogen (secondary N) is 1. The molecule has 2 unspecified atom stereocenters. The summed E-state index contributed by atoms with van der Waals surface area (Å²) in [7, 11) is 0.564. The van der Waals surface area contributed by atoms with E-state index in [1.54, 1.807) is 6.26 Å². The number of hydrogen-bond donors (Lipinski definition) is 2. The highest BCUT2D eigenvalue weighted by atomic mass is 32.2. The van der Waals surface area contributed by atoms with E-state index >= 15 is 0 Å². The summed E-state index contributed by atoms with van der Waals surface area (Å²) in [6, 6.07) is 2.75. The molecular formula is C12H19FN2O2S. The summed E-state index contributed by atoms with van der Waals surface area (Å²) in [5, 5.41) is 3.21. The highest BCUT2D eigenvalue weighted by Gasteiger charge is 2.09. The van der Waals surface area contributed by atoms with Crippen LogP contribution >= 0.6 is 0 Å². The molecule has 0 bridgehead atoms. The van der Waals surface area contributed by atoms with E-state index in [-0.39, 0.29) is 11.0 Å². The number of anilines is 2. The summed E-state index contributed by atoms with van der Waals surface area (Å²) in [4.78, 5) is 0. The maximum absolute atomic E-state index is 13.3. The Kier molecular flexibility index (Phi) is 5.40. The highest BCUT2D eigenvalue weighted by Crippen LogP contribution is 2.27. The van der Waals surface area contributed by atoms with E-state index in [2.05, 4.69) is 5.32 Å². The predicted molar refractivity (Wildman–Crippen MR) is 74.0 cm³/mol. The van der Waals surface area contributed by atoms with Gasteiger partial charge in [-0.1, -0.05) is 6.92 Å². The minimum atomic E-state index is -0.839. The van der Waals surface area contributed by atoms with Crippen molar-refractivity contribution < 1.29 is 13.3 Å². The second kappa shape index (κ2) is 6.58. The fraction of sp³-hybridized carbons (Fsp3) is 0.500. The van der Waals surface area contributed by atoms with Crippen molar-refractivity contribution >= 4 is 22.2 Å². The number of nitrogens with two attached hydrogens (primary N) is 1. The van der Waals surface area contributed by atoms with E-state index in [0.29, 0.717) is 17.9 Å². The number of hydrogen-bond acceptors (Lipinski definition) is 4. The molecule has 1 aromatic carbocycles. The van der Waals surface area contributed by atoms with Crippen molar-refractivity contribution in [3.63, 3.8) is 0 Å². The lowest BCUT2D eigenvalue weighted by atomic mass is 10.2. The van der Waals surface area contributed by atoms with Gasteiger partial charge < -0.3 is 15.8 Å². The summed E-state index contributed by atoms with van der Waals surface area (Å²) in [6.45, 7) is 2.55. The molecule has 0 heterocycles. The third kappa shape index (κ3) is 3.87. The molecule has 0 radical (unpaired) electrons. The van der Waals surface area contributed by atoms with E-state index in [9.17, 15) is 8.60 Å². The lowest BCUT2D eigenvalue weighted by molar-refractivity contribution is 0.387. The predicted octanol–water partition coefficient (Wildman–Crippen LogP) is 1.99. The van der Waals surface area contributed by atoms with E-state index < -0.39 is 16.6 Å². The molecule has 102 valence electrons. The lowest BCUT2D eigenvalue weighted by Crippen LogP contribution is -2.15. The Bertz CT molecular complexity index is 440. The lowest BCUT2D eigenvalue weighted by Gasteiger charge is -2.13. The molecule has 1 rings (SSSR count). The first kappa shape index (κ1) is 14.8. The van der Waals surface area contributed by atoms with Crippen LogP contribution in [0.3, 0.4) is 0 Å². The molecular weight excluding hydrogens is 255 g/mol. The van der Waals surface area contributed by atoms with Crippen molar-refractivity contribution in [2.24, 2.45) is 0 Å². The van der Waals surface area contributed by atoms with Crippen LogP contribution in [0.5, 0.6) is 5.75 Å². The zero-order valence-corrected chi connectivity index (χ0v) is 11.6. The van der Waals surface area contributed by atoms with Crippen LogP contribution in [0.2, 0.25) is 0 Å². The molecule has 0 aromatic heterocycles. The number of methoxy groups -OCH3 is 1. The van der Waals surface area contributed by atoms with Crippen LogP contribution in [0.15, 0.2) is 12.1 Å². The smallest absolute Gasteiger partial charge is 0.167 e. The Labute approximate surface area is 109 Å². The molecule has 0 saturated heterocycles. The highest BCUT2D eigenvalue weighted by molar-refractivity contribution is 7.84. The van der Waals surface area contributed by atoms with Crippen LogP contribution in [0, 0.1) is 5.82 Å². The number of ether oxygens (including phenoxy) is 1. The summed E-state index contributed by atoms with van der Waals surface area (Å²) >= 11 is 0. The van der Waals surface area contributed by atoms with Crippen LogP contribution in [0.1, 0.15) is 13.3 Å². The number of rotatable bonds is 6. The number of nitrogen functional groups attached to an aromatic ring is 1. The van der Waals surface area contributed by atoms with Gasteiger partial charge >= 0.3 is 0 Å². The molecule has 1 aromatic rings. The molecule has 3 N–H and O–H groups in total. The first-order valence-electron chi connectivity index (χ1n) is 5.64. The molecule has 0 amide bonds. The Hall–Kier alpha value is -1.30. The van der Waals surface area contributed by atoms with E-state index in [0.717, 1.165) is 6.42 Å². The molecule has 4 nitrogen and oxygen atoms in total. The molecule has 18 heavy (non-hydrogen) atoms. The van der Waals surface area contributed by atoms with Gasteiger partial charge in [0, 0.05) is 41.0 Å². The van der Waals surface area contributed by atoms with Crippen molar-refractivity contribution in [1.82, 2.24) is 0 Å². The fourth-order valence-electron chi connectivity index (χ4n) is 1.45. The van der Waals surface area contributed by atoms with Crippen molar-refractivity contribution in [3.05, 3.63) is 17.9 Å². The largest absolute Gasteiger partial charge is 0.494 e. The molecule has 0 aliphatic carbocycles. The summed E-state index contributed by atoms with van der Waals surface area (Å²) < 4.78 is 29.4. The maximum atomic E-state index is 13.3. The van der Waals surface area contributed by atoms with Gasteiger partial charge in [-0.3, -0.25) is 4.21 Å². The standard InChI is InChI=1S/C12H19FN2O2S/c1-8(18(3)16)4-5-15-11-7-12(17-2)9(13)6-10(11)14/h6-8,15H,4-5,14H2,1-3H3. The van der Waals surface area contributed by atoms with Crippen molar-refractivity contribution in [1.29, 1.82) is 0 Å². The Balaban J connectivity index is 2.65. The summed E-state index contributed by atoms with van der Waals surface area (Å²) in [5.41, 5.74) is 6.66. The Morgan fingerprint density at radius 1 is 1.56 bits per heavy atom. The van der Waals surface area contributed by atoms with Crippen LogP contribution in [0.4, 0.5) is 15.8 Å². The van der Waals surface area contributed by atoms with Crippen molar-refractivity contribution in [3.8, 4) is 5.75 Å². The molecule has 0 aliphatic rings. The van der Waals surface area contributed by atoms with E-state index in [1.807, 2.05) is 6.92 Å². The second-order valence-electron chi connectivity index (χ2n) is 4.10. The zero-order valence-electron chi connectivity index (χ0n) is 10.8. The quantitative estimate of drug-likeness (QED) is 0.779. The van der Waals surface area contributed by atoms with Gasteiger partial charge in [0.25, 0.3) is 0 Å². The van der Waals surface area contributed by atoms with Crippen molar-refractivity contribution in [2.45, 2.75) is 18.6 Å². The topological polar surface area (TPSA) is 64.3 Å². The number of benzene rings is 1. The molecule has 0 saturated carbocycles. The van der Waals surface area contributed by atoms with Gasteiger partial charge in [-0.25, -0.2) is 4.39 Å². The molecule has 0 spiro atoms. The summed E-state index contributed by atoms with van der Waals surface area (Å²) in [6.07, 6.45) is 2.43. The normalized spacial score (nSPS) is 14.0. The molecule has 6 heteroatoms. The van der Waals surface area contributed by atoms with Gasteiger partial charge in [0.1, 0.15) is 0 Å². The molecule has 2 atom stereocenters. The fourth-order valence-corrected chi connectivity index (χ4v) is 1.90. The van der Waals surface area contributed by atoms with Crippen LogP contribution in [0.25, 0.3) is 0 Å². The van der Waals surface area contributed by atoms with E-state index in [4.69, 9.17) is 10.5 Å². The second-order valence-corrected chi connectivity index (χ2v) is 5.90. The van der Waals surface area contributed by atoms with Crippen LogP contribution in [-0.2, 0) is 10.8 Å². The SMILES string of the molecule is COc1cc(NCCC(C)S(C)=O)c(N)cc1F. The zero-order chi connectivity index (χ0) is 13.7. The minimum Gasteiger partial charge on any atom is -0.494 e. The Morgan fingerprint density at radius 2 is 2.22 bits per heavy atom. The number of halogens is 1. The molecule has 0 fully saturated rings. The van der Waals surface area contributed by atoms with Gasteiger partial charge in [0.15, 0.2) is 11.6 Å². The first-order chi connectivity index (χ1) is 8.45. The third-order valence-electron chi connectivity index (χ3n) is 2.76.